The average Bonchev–Trinajstić information content (AvgIpc) is 3.03. The molecular formula is C19H22FNO2. The zero-order chi connectivity index (χ0) is 16.0. The lowest BCUT2D eigenvalue weighted by Gasteiger charge is -2.47. The standard InChI is InChI=1S/C19H22FNO2/c1-13-16(20)5-3-14-2-4-15(17(13)14)18(22)23-12-19-6-9-21(10-7-19)11-8-19/h3-5H,2,6-12H2,1H3. The second kappa shape index (κ2) is 5.45. The lowest BCUT2D eigenvalue weighted by atomic mass is 9.73. The van der Waals surface area contributed by atoms with Crippen LogP contribution >= 0.6 is 0 Å². The molecule has 0 radical (unpaired) electrons. The van der Waals surface area contributed by atoms with Crippen molar-refractivity contribution in [3.8, 4) is 0 Å². The van der Waals surface area contributed by atoms with Gasteiger partial charge >= 0.3 is 5.97 Å². The summed E-state index contributed by atoms with van der Waals surface area (Å²) in [4.78, 5) is 15.0. The Hall–Kier alpha value is -1.68. The van der Waals surface area contributed by atoms with Crippen LogP contribution in [0.4, 0.5) is 4.39 Å². The van der Waals surface area contributed by atoms with Gasteiger partial charge in [0.25, 0.3) is 0 Å². The number of halogens is 1. The summed E-state index contributed by atoms with van der Waals surface area (Å²) in [6.45, 7) is 5.59. The van der Waals surface area contributed by atoms with E-state index in [1.165, 1.54) is 6.07 Å². The molecule has 23 heavy (non-hydrogen) atoms. The zero-order valence-electron chi connectivity index (χ0n) is 13.5. The maximum Gasteiger partial charge on any atom is 0.338 e. The molecule has 1 aromatic carbocycles. The molecular weight excluding hydrogens is 293 g/mol. The Morgan fingerprint density at radius 3 is 2.65 bits per heavy atom. The molecule has 1 aliphatic carbocycles. The van der Waals surface area contributed by atoms with Gasteiger partial charge in [0.2, 0.25) is 0 Å². The van der Waals surface area contributed by atoms with Crippen molar-refractivity contribution in [3.63, 3.8) is 0 Å². The first kappa shape index (κ1) is 14.9. The minimum absolute atomic E-state index is 0.170. The molecule has 3 saturated heterocycles. The van der Waals surface area contributed by atoms with E-state index in [0.29, 0.717) is 24.2 Å². The van der Waals surface area contributed by atoms with Gasteiger partial charge in [0, 0.05) is 5.41 Å². The summed E-state index contributed by atoms with van der Waals surface area (Å²) in [5.41, 5.74) is 3.02. The van der Waals surface area contributed by atoms with Crippen LogP contribution in [0.15, 0.2) is 18.2 Å². The van der Waals surface area contributed by atoms with Crippen molar-refractivity contribution in [1.82, 2.24) is 4.90 Å². The molecule has 5 rings (SSSR count). The van der Waals surface area contributed by atoms with Gasteiger partial charge in [-0.15, -0.1) is 0 Å². The third kappa shape index (κ3) is 2.49. The van der Waals surface area contributed by atoms with Crippen LogP contribution < -0.4 is 0 Å². The second-order valence-electron chi connectivity index (χ2n) is 7.20. The summed E-state index contributed by atoms with van der Waals surface area (Å²) in [5, 5.41) is 0. The monoisotopic (exact) mass is 315 g/mol. The van der Waals surface area contributed by atoms with Crippen molar-refractivity contribution in [2.24, 2.45) is 5.41 Å². The van der Waals surface area contributed by atoms with Gasteiger partial charge in [0.05, 0.1) is 12.2 Å². The smallest absolute Gasteiger partial charge is 0.338 e. The van der Waals surface area contributed by atoms with E-state index in [-0.39, 0.29) is 17.2 Å². The Morgan fingerprint density at radius 2 is 1.96 bits per heavy atom. The van der Waals surface area contributed by atoms with Crippen LogP contribution in [0.2, 0.25) is 0 Å². The molecule has 3 aliphatic heterocycles. The van der Waals surface area contributed by atoms with Gasteiger partial charge < -0.3 is 9.64 Å². The van der Waals surface area contributed by atoms with Crippen LogP contribution in [0.5, 0.6) is 0 Å². The number of rotatable bonds is 3. The first-order valence-corrected chi connectivity index (χ1v) is 8.46. The molecule has 122 valence electrons. The molecule has 2 bridgehead atoms. The van der Waals surface area contributed by atoms with Crippen LogP contribution in [0.25, 0.3) is 5.57 Å². The number of piperidine rings is 3. The summed E-state index contributed by atoms with van der Waals surface area (Å²) in [6, 6.07) is 3.25. The molecule has 3 fully saturated rings. The number of hydrogen-bond donors (Lipinski definition) is 0. The van der Waals surface area contributed by atoms with Crippen LogP contribution in [-0.2, 0) is 16.0 Å². The fourth-order valence-corrected chi connectivity index (χ4v) is 4.20. The molecule has 0 saturated carbocycles. The number of fused-ring (bicyclic) bond motifs is 4. The Morgan fingerprint density at radius 1 is 1.26 bits per heavy atom. The first-order valence-electron chi connectivity index (χ1n) is 8.46. The largest absolute Gasteiger partial charge is 0.461 e. The topological polar surface area (TPSA) is 29.5 Å². The van der Waals surface area contributed by atoms with Crippen LogP contribution in [0, 0.1) is 18.2 Å². The minimum atomic E-state index is -0.292. The number of esters is 1. The van der Waals surface area contributed by atoms with E-state index in [0.717, 1.165) is 50.0 Å². The molecule has 0 N–H and O–H groups in total. The van der Waals surface area contributed by atoms with E-state index in [2.05, 4.69) is 4.90 Å². The van der Waals surface area contributed by atoms with Gasteiger partial charge in [-0.2, -0.15) is 0 Å². The number of allylic oxidation sites excluding steroid dienone is 1. The van der Waals surface area contributed by atoms with Crippen molar-refractivity contribution in [2.45, 2.75) is 32.6 Å². The van der Waals surface area contributed by atoms with Gasteiger partial charge in [0.15, 0.2) is 0 Å². The Labute approximate surface area is 136 Å². The predicted molar refractivity (Wildman–Crippen MR) is 86.5 cm³/mol. The quantitative estimate of drug-likeness (QED) is 0.803. The zero-order valence-corrected chi connectivity index (χ0v) is 13.5. The molecule has 0 unspecified atom stereocenters. The Bertz CT molecular complexity index is 673. The highest BCUT2D eigenvalue weighted by molar-refractivity contribution is 6.18. The summed E-state index contributed by atoms with van der Waals surface area (Å²) in [6.07, 6.45) is 5.90. The summed E-state index contributed by atoms with van der Waals surface area (Å²) >= 11 is 0. The first-order chi connectivity index (χ1) is 11.1. The number of nitrogens with zero attached hydrogens (tertiary/aromatic N) is 1. The second-order valence-corrected chi connectivity index (χ2v) is 7.20. The van der Waals surface area contributed by atoms with Crippen LogP contribution in [0.3, 0.4) is 0 Å². The molecule has 0 spiro atoms. The summed E-state index contributed by atoms with van der Waals surface area (Å²) < 4.78 is 19.5. The number of hydrogen-bond acceptors (Lipinski definition) is 3. The number of carbonyl (C=O) groups excluding carboxylic acids is 1. The third-order valence-corrected chi connectivity index (χ3v) is 5.89. The van der Waals surface area contributed by atoms with E-state index in [9.17, 15) is 9.18 Å². The van der Waals surface area contributed by atoms with E-state index in [4.69, 9.17) is 4.74 Å². The van der Waals surface area contributed by atoms with E-state index < -0.39 is 0 Å². The lowest BCUT2D eigenvalue weighted by molar-refractivity contribution is -0.143. The predicted octanol–water partition coefficient (Wildman–Crippen LogP) is 3.10. The lowest BCUT2D eigenvalue weighted by Crippen LogP contribution is -2.50. The van der Waals surface area contributed by atoms with E-state index in [1.54, 1.807) is 13.0 Å². The van der Waals surface area contributed by atoms with Gasteiger partial charge in [-0.3, -0.25) is 0 Å². The molecule has 3 nitrogen and oxygen atoms in total. The van der Waals surface area contributed by atoms with Gasteiger partial charge in [0.1, 0.15) is 5.82 Å². The van der Waals surface area contributed by atoms with Gasteiger partial charge in [-0.25, -0.2) is 9.18 Å². The average molecular weight is 315 g/mol. The van der Waals surface area contributed by atoms with E-state index in [1.807, 2.05) is 6.08 Å². The maximum absolute atomic E-state index is 13.8. The SMILES string of the molecule is Cc1c(F)ccc2c1C(C(=O)OCC13CCN(CC1)CC3)=CC2. The molecule has 0 atom stereocenters. The fraction of sp³-hybridized carbons (Fsp3) is 0.526. The molecule has 0 aromatic heterocycles. The normalized spacial score (nSPS) is 28.4. The summed E-state index contributed by atoms with van der Waals surface area (Å²) in [7, 11) is 0. The molecule has 4 heteroatoms. The van der Waals surface area contributed by atoms with Gasteiger partial charge in [-0.05, 0) is 75.0 Å². The molecule has 3 heterocycles. The van der Waals surface area contributed by atoms with Crippen molar-refractivity contribution >= 4 is 11.5 Å². The third-order valence-electron chi connectivity index (χ3n) is 5.89. The van der Waals surface area contributed by atoms with Crippen molar-refractivity contribution in [3.05, 3.63) is 40.7 Å². The highest BCUT2D eigenvalue weighted by Crippen LogP contribution is 2.41. The highest BCUT2D eigenvalue weighted by atomic mass is 19.1. The highest BCUT2D eigenvalue weighted by Gasteiger charge is 2.40. The van der Waals surface area contributed by atoms with Crippen molar-refractivity contribution in [2.75, 3.05) is 26.2 Å². The minimum Gasteiger partial charge on any atom is -0.461 e. The Balaban J connectivity index is 1.48. The maximum atomic E-state index is 13.8. The van der Waals surface area contributed by atoms with Gasteiger partial charge in [-0.1, -0.05) is 12.1 Å². The molecule has 1 aromatic rings. The number of ether oxygens (including phenoxy) is 1. The van der Waals surface area contributed by atoms with Crippen molar-refractivity contribution in [1.29, 1.82) is 0 Å². The van der Waals surface area contributed by atoms with Crippen LogP contribution in [-0.4, -0.2) is 37.1 Å². The van der Waals surface area contributed by atoms with E-state index >= 15 is 0 Å². The number of benzene rings is 1. The fourth-order valence-electron chi connectivity index (χ4n) is 4.20. The number of carbonyl (C=O) groups is 1. The molecule has 4 aliphatic rings. The Kier molecular flexibility index (Phi) is 3.52. The van der Waals surface area contributed by atoms with Crippen molar-refractivity contribution < 1.29 is 13.9 Å². The molecule has 0 amide bonds. The summed E-state index contributed by atoms with van der Waals surface area (Å²) in [5.74, 6) is -0.553. The van der Waals surface area contributed by atoms with Crippen LogP contribution in [0.1, 0.15) is 36.0 Å².